The Kier molecular flexibility index (Phi) is 5.44. The molecule has 7 heteroatoms. The Bertz CT molecular complexity index is 690. The lowest BCUT2D eigenvalue weighted by Gasteiger charge is -2.32. The number of amides is 1. The molecule has 0 spiro atoms. The first-order valence-corrected chi connectivity index (χ1v) is 8.74. The molecule has 1 aliphatic heterocycles. The van der Waals surface area contributed by atoms with Crippen molar-refractivity contribution in [1.82, 2.24) is 10.3 Å². The smallest absolute Gasteiger partial charge is 0.255 e. The van der Waals surface area contributed by atoms with E-state index in [2.05, 4.69) is 10.3 Å². The van der Waals surface area contributed by atoms with Crippen LogP contribution in [0.1, 0.15) is 28.0 Å². The summed E-state index contributed by atoms with van der Waals surface area (Å²) in [6.45, 7) is 3.26. The fourth-order valence-corrected chi connectivity index (χ4v) is 3.16. The number of hydrogen-bond acceptors (Lipinski definition) is 6. The second kappa shape index (κ2) is 7.74. The van der Waals surface area contributed by atoms with Gasteiger partial charge in [0.05, 0.1) is 36.0 Å². The van der Waals surface area contributed by atoms with Gasteiger partial charge in [0.25, 0.3) is 5.91 Å². The van der Waals surface area contributed by atoms with Gasteiger partial charge < -0.3 is 19.9 Å². The van der Waals surface area contributed by atoms with E-state index >= 15 is 0 Å². The van der Waals surface area contributed by atoms with Gasteiger partial charge in [-0.1, -0.05) is 11.6 Å². The molecule has 1 amide bonds. The number of aromatic nitrogens is 1. The first-order chi connectivity index (χ1) is 11.6. The minimum atomic E-state index is -0.301. The molecule has 24 heavy (non-hydrogen) atoms. The van der Waals surface area contributed by atoms with Crippen molar-refractivity contribution in [1.29, 1.82) is 0 Å². The summed E-state index contributed by atoms with van der Waals surface area (Å²) in [5.74, 6) is -0.324. The predicted octanol–water partition coefficient (Wildman–Crippen LogP) is 2.26. The number of nitrogens with zero attached hydrogens (tertiary/aromatic N) is 1. The lowest BCUT2D eigenvalue weighted by molar-refractivity contribution is -0.0742. The van der Waals surface area contributed by atoms with Gasteiger partial charge in [-0.2, -0.15) is 0 Å². The van der Waals surface area contributed by atoms with E-state index in [0.717, 1.165) is 11.3 Å². The van der Waals surface area contributed by atoms with Crippen LogP contribution in [0.2, 0.25) is 0 Å². The number of carbonyl (C=O) groups is 1. The third kappa shape index (κ3) is 4.11. The molecule has 0 unspecified atom stereocenters. The molecule has 2 heterocycles. The molecule has 0 aliphatic carbocycles. The number of nitrogens with one attached hydrogen (secondary N) is 1. The molecule has 2 atom stereocenters. The molecular formula is C17H20N2O4S. The number of phenols is 1. The number of benzene rings is 1. The van der Waals surface area contributed by atoms with Crippen LogP contribution in [0.5, 0.6) is 5.75 Å². The molecule has 2 N–H and O–H groups in total. The van der Waals surface area contributed by atoms with Gasteiger partial charge in [-0.15, -0.1) is 11.3 Å². The number of rotatable bonds is 5. The van der Waals surface area contributed by atoms with Gasteiger partial charge in [-0.3, -0.25) is 4.79 Å². The van der Waals surface area contributed by atoms with E-state index in [-0.39, 0.29) is 29.4 Å². The molecule has 128 valence electrons. The fraction of sp³-hybridized carbons (Fsp3) is 0.412. The van der Waals surface area contributed by atoms with Crippen molar-refractivity contribution in [3.63, 3.8) is 0 Å². The van der Waals surface area contributed by atoms with Gasteiger partial charge in [0, 0.05) is 12.0 Å². The average Bonchev–Trinajstić information content (AvgIpc) is 3.09. The number of aromatic hydroxyl groups is 1. The quantitative estimate of drug-likeness (QED) is 0.866. The second-order valence-electron chi connectivity index (χ2n) is 5.79. The molecule has 0 saturated carbocycles. The second-order valence-corrected chi connectivity index (χ2v) is 6.51. The van der Waals surface area contributed by atoms with Crippen LogP contribution in [-0.4, -0.2) is 41.4 Å². The summed E-state index contributed by atoms with van der Waals surface area (Å²) >= 11 is 1.52. The Morgan fingerprint density at radius 3 is 3.21 bits per heavy atom. The standard InChI is InChI=1S/C17H20N2O4S/c1-11-2-3-15(20)13(6-11)17(21)19-14-4-5-22-8-16(14)23-7-12-9-24-10-18-12/h2-3,6,9-10,14,16,20H,4-5,7-8H2,1H3,(H,19,21)/t14-,16-/m1/s1. The molecule has 0 radical (unpaired) electrons. The maximum atomic E-state index is 12.5. The van der Waals surface area contributed by atoms with Crippen LogP contribution in [0.4, 0.5) is 0 Å². The predicted molar refractivity (Wildman–Crippen MR) is 90.2 cm³/mol. The summed E-state index contributed by atoms with van der Waals surface area (Å²) in [5, 5.41) is 14.8. The van der Waals surface area contributed by atoms with Crippen LogP contribution in [0, 0.1) is 6.92 Å². The maximum absolute atomic E-state index is 12.5. The molecule has 0 bridgehead atoms. The van der Waals surface area contributed by atoms with Gasteiger partial charge in [0.15, 0.2) is 0 Å². The third-order valence-electron chi connectivity index (χ3n) is 3.95. The van der Waals surface area contributed by atoms with E-state index in [0.29, 0.717) is 26.2 Å². The minimum Gasteiger partial charge on any atom is -0.507 e. The van der Waals surface area contributed by atoms with Gasteiger partial charge in [-0.05, 0) is 25.5 Å². The topological polar surface area (TPSA) is 80.7 Å². The number of aryl methyl sites for hydroxylation is 1. The highest BCUT2D eigenvalue weighted by atomic mass is 32.1. The van der Waals surface area contributed by atoms with E-state index in [9.17, 15) is 9.90 Å². The van der Waals surface area contributed by atoms with Crippen molar-refractivity contribution in [2.24, 2.45) is 0 Å². The third-order valence-corrected chi connectivity index (χ3v) is 4.58. The largest absolute Gasteiger partial charge is 0.507 e. The van der Waals surface area contributed by atoms with Crippen LogP contribution < -0.4 is 5.32 Å². The van der Waals surface area contributed by atoms with Crippen molar-refractivity contribution in [2.75, 3.05) is 13.2 Å². The zero-order valence-electron chi connectivity index (χ0n) is 13.4. The fourth-order valence-electron chi connectivity index (χ4n) is 2.62. The van der Waals surface area contributed by atoms with Crippen LogP contribution in [0.15, 0.2) is 29.1 Å². The number of ether oxygens (including phenoxy) is 2. The first-order valence-electron chi connectivity index (χ1n) is 7.80. The normalized spacial score (nSPS) is 20.7. The Morgan fingerprint density at radius 1 is 1.54 bits per heavy atom. The summed E-state index contributed by atoms with van der Waals surface area (Å²) in [6.07, 6.45) is 0.427. The molecule has 2 aromatic rings. The maximum Gasteiger partial charge on any atom is 0.255 e. The van der Waals surface area contributed by atoms with Crippen LogP contribution in [0.25, 0.3) is 0 Å². The summed E-state index contributed by atoms with van der Waals surface area (Å²) < 4.78 is 11.3. The molecule has 1 aromatic carbocycles. The molecule has 1 aromatic heterocycles. The highest BCUT2D eigenvalue weighted by Crippen LogP contribution is 2.20. The summed E-state index contributed by atoms with van der Waals surface area (Å²) in [5.41, 5.74) is 3.82. The molecule has 6 nitrogen and oxygen atoms in total. The summed E-state index contributed by atoms with van der Waals surface area (Å²) in [7, 11) is 0. The Morgan fingerprint density at radius 2 is 2.42 bits per heavy atom. The zero-order valence-corrected chi connectivity index (χ0v) is 14.2. The number of thiazole rings is 1. The SMILES string of the molecule is Cc1ccc(O)c(C(=O)N[C@@H]2CCOC[C@H]2OCc2cscn2)c1. The van der Waals surface area contributed by atoms with Crippen molar-refractivity contribution >= 4 is 17.2 Å². The van der Waals surface area contributed by atoms with E-state index in [1.54, 1.807) is 17.6 Å². The molecular weight excluding hydrogens is 328 g/mol. The van der Waals surface area contributed by atoms with E-state index in [1.165, 1.54) is 17.4 Å². The first kappa shape index (κ1) is 16.9. The van der Waals surface area contributed by atoms with Gasteiger partial charge in [0.1, 0.15) is 11.9 Å². The van der Waals surface area contributed by atoms with Crippen molar-refractivity contribution in [3.8, 4) is 5.75 Å². The summed E-state index contributed by atoms with van der Waals surface area (Å²) in [6, 6.07) is 4.81. The zero-order chi connectivity index (χ0) is 16.9. The highest BCUT2D eigenvalue weighted by molar-refractivity contribution is 7.07. The monoisotopic (exact) mass is 348 g/mol. The Hall–Kier alpha value is -1.96. The van der Waals surface area contributed by atoms with Crippen molar-refractivity contribution in [2.45, 2.75) is 32.1 Å². The van der Waals surface area contributed by atoms with E-state index in [4.69, 9.17) is 9.47 Å². The van der Waals surface area contributed by atoms with Gasteiger partial charge >= 0.3 is 0 Å². The van der Waals surface area contributed by atoms with Crippen LogP contribution >= 0.6 is 11.3 Å². The lowest BCUT2D eigenvalue weighted by Crippen LogP contribution is -2.50. The lowest BCUT2D eigenvalue weighted by atomic mass is 10.0. The number of carbonyl (C=O) groups excluding carboxylic acids is 1. The van der Waals surface area contributed by atoms with Crippen LogP contribution in [-0.2, 0) is 16.1 Å². The highest BCUT2D eigenvalue weighted by Gasteiger charge is 2.29. The number of hydrogen-bond donors (Lipinski definition) is 2. The minimum absolute atomic E-state index is 0.0231. The summed E-state index contributed by atoms with van der Waals surface area (Å²) in [4.78, 5) is 16.7. The molecule has 1 fully saturated rings. The van der Waals surface area contributed by atoms with Gasteiger partial charge in [0.2, 0.25) is 0 Å². The molecule has 1 aliphatic rings. The molecule has 1 saturated heterocycles. The van der Waals surface area contributed by atoms with Gasteiger partial charge in [-0.25, -0.2) is 4.98 Å². The van der Waals surface area contributed by atoms with Crippen molar-refractivity contribution in [3.05, 3.63) is 45.9 Å². The van der Waals surface area contributed by atoms with E-state index in [1.807, 2.05) is 12.3 Å². The van der Waals surface area contributed by atoms with E-state index < -0.39 is 0 Å². The van der Waals surface area contributed by atoms with Crippen LogP contribution in [0.3, 0.4) is 0 Å². The Balaban J connectivity index is 1.64. The molecule has 3 rings (SSSR count). The average molecular weight is 348 g/mol. The Labute approximate surface area is 144 Å². The van der Waals surface area contributed by atoms with Crippen molar-refractivity contribution < 1.29 is 19.4 Å². The number of phenolic OH excluding ortho intramolecular Hbond substituents is 1.